The smallest absolute Gasteiger partial charge is 0.344 e. The summed E-state index contributed by atoms with van der Waals surface area (Å²) in [6.07, 6.45) is 1.55. The first-order valence-corrected chi connectivity index (χ1v) is 8.92. The highest BCUT2D eigenvalue weighted by atomic mass is 32.2. The van der Waals surface area contributed by atoms with Gasteiger partial charge in [-0.25, -0.2) is 9.59 Å². The number of hydrogen-bond donors (Lipinski definition) is 0. The first-order valence-electron chi connectivity index (χ1n) is 8.10. The number of methoxy groups -OCH3 is 1. The summed E-state index contributed by atoms with van der Waals surface area (Å²) in [6, 6.07) is 5.63. The summed E-state index contributed by atoms with van der Waals surface area (Å²) in [5.41, 5.74) is 0.662. The summed E-state index contributed by atoms with van der Waals surface area (Å²) in [5.74, 6) is -1.21. The molecule has 1 atom stereocenters. The molecule has 1 fully saturated rings. The summed E-state index contributed by atoms with van der Waals surface area (Å²) in [4.78, 5) is 48.4. The molecule has 1 heterocycles. The molecule has 1 aliphatic heterocycles. The lowest BCUT2D eigenvalue weighted by Crippen LogP contribution is -2.42. The van der Waals surface area contributed by atoms with Crippen LogP contribution in [0.3, 0.4) is 0 Å². The molecular weight excluding hydrogens is 374 g/mol. The van der Waals surface area contributed by atoms with Crippen molar-refractivity contribution in [2.24, 2.45) is 0 Å². The van der Waals surface area contributed by atoms with Crippen molar-refractivity contribution in [3.8, 4) is 5.75 Å². The van der Waals surface area contributed by atoms with Crippen molar-refractivity contribution in [1.82, 2.24) is 4.90 Å². The number of rotatable bonds is 7. The highest BCUT2D eigenvalue weighted by molar-refractivity contribution is 8.18. The van der Waals surface area contributed by atoms with E-state index in [1.165, 1.54) is 14.0 Å². The van der Waals surface area contributed by atoms with Gasteiger partial charge in [0.25, 0.3) is 11.1 Å². The lowest BCUT2D eigenvalue weighted by molar-refractivity contribution is -0.148. The van der Waals surface area contributed by atoms with Crippen molar-refractivity contribution >= 4 is 40.9 Å². The molecule has 1 saturated heterocycles. The second-order valence-electron chi connectivity index (χ2n) is 5.41. The maximum Gasteiger partial charge on any atom is 0.344 e. The molecule has 0 radical (unpaired) electrons. The Hall–Kier alpha value is -2.81. The van der Waals surface area contributed by atoms with E-state index in [9.17, 15) is 19.2 Å². The van der Waals surface area contributed by atoms with E-state index >= 15 is 0 Å². The average Bonchev–Trinajstić information content (AvgIpc) is 2.93. The van der Waals surface area contributed by atoms with Crippen LogP contribution in [0.2, 0.25) is 0 Å². The molecule has 8 nitrogen and oxygen atoms in total. The van der Waals surface area contributed by atoms with Gasteiger partial charge in [-0.15, -0.1) is 0 Å². The van der Waals surface area contributed by atoms with Gasteiger partial charge in [0.2, 0.25) is 0 Å². The van der Waals surface area contributed by atoms with Gasteiger partial charge < -0.3 is 14.2 Å². The third kappa shape index (κ3) is 5.10. The molecule has 0 aromatic heterocycles. The number of esters is 2. The van der Waals surface area contributed by atoms with Gasteiger partial charge in [0.05, 0.1) is 18.6 Å². The molecule has 0 saturated carbocycles. The fraction of sp³-hybridized carbons (Fsp3) is 0.333. The summed E-state index contributed by atoms with van der Waals surface area (Å²) < 4.78 is 14.6. The molecule has 0 N–H and O–H groups in total. The fourth-order valence-electron chi connectivity index (χ4n) is 2.25. The Bertz CT molecular complexity index is 772. The van der Waals surface area contributed by atoms with Gasteiger partial charge in [0, 0.05) is 0 Å². The zero-order valence-corrected chi connectivity index (χ0v) is 15.9. The topological polar surface area (TPSA) is 99.2 Å². The predicted molar refractivity (Wildman–Crippen MR) is 97.9 cm³/mol. The van der Waals surface area contributed by atoms with Gasteiger partial charge in [-0.3, -0.25) is 14.5 Å². The van der Waals surface area contributed by atoms with Crippen LogP contribution in [0.15, 0.2) is 29.2 Å². The third-order valence-electron chi connectivity index (χ3n) is 3.59. The number of thioether (sulfide) groups is 1. The summed E-state index contributed by atoms with van der Waals surface area (Å²) >= 11 is 0.755. The van der Waals surface area contributed by atoms with Crippen LogP contribution in [0.1, 0.15) is 19.4 Å². The Kier molecular flexibility index (Phi) is 7.00. The molecule has 27 heavy (non-hydrogen) atoms. The molecule has 1 unspecified atom stereocenters. The van der Waals surface area contributed by atoms with Gasteiger partial charge in [-0.2, -0.15) is 0 Å². The second kappa shape index (κ2) is 9.22. The standard InChI is InChI=1S/C18H19NO7S/c1-4-25-15(20)10-26-13-7-5-12(6-8-13)9-14-16(21)19(18(23)27-14)11(2)17(22)24-3/h5-9,11H,4,10H2,1-3H3/b14-9+. The van der Waals surface area contributed by atoms with E-state index in [2.05, 4.69) is 4.74 Å². The Morgan fingerprint density at radius 1 is 1.22 bits per heavy atom. The van der Waals surface area contributed by atoms with Crippen molar-refractivity contribution in [3.05, 3.63) is 34.7 Å². The van der Waals surface area contributed by atoms with Crippen LogP contribution in [-0.4, -0.2) is 54.4 Å². The number of carbonyl (C=O) groups is 4. The Balaban J connectivity index is 2.06. The van der Waals surface area contributed by atoms with Crippen LogP contribution < -0.4 is 4.74 Å². The first-order chi connectivity index (χ1) is 12.9. The van der Waals surface area contributed by atoms with Crippen molar-refractivity contribution in [2.45, 2.75) is 19.9 Å². The van der Waals surface area contributed by atoms with E-state index < -0.39 is 29.1 Å². The number of benzene rings is 1. The molecule has 1 aromatic carbocycles. The summed E-state index contributed by atoms with van der Waals surface area (Å²) in [6.45, 7) is 3.23. The van der Waals surface area contributed by atoms with E-state index in [-0.39, 0.29) is 18.1 Å². The monoisotopic (exact) mass is 393 g/mol. The lowest BCUT2D eigenvalue weighted by atomic mass is 10.2. The number of amides is 2. The highest BCUT2D eigenvalue weighted by Gasteiger charge is 2.41. The number of nitrogens with zero attached hydrogens (tertiary/aromatic N) is 1. The van der Waals surface area contributed by atoms with Gasteiger partial charge in [0.1, 0.15) is 11.8 Å². The Morgan fingerprint density at radius 2 is 1.89 bits per heavy atom. The molecule has 2 amide bonds. The molecule has 1 aliphatic rings. The van der Waals surface area contributed by atoms with E-state index in [0.29, 0.717) is 11.3 Å². The van der Waals surface area contributed by atoms with E-state index in [1.807, 2.05) is 0 Å². The molecule has 0 bridgehead atoms. The number of ether oxygens (including phenoxy) is 3. The molecule has 2 rings (SSSR count). The van der Waals surface area contributed by atoms with Gasteiger partial charge >= 0.3 is 11.9 Å². The molecule has 9 heteroatoms. The van der Waals surface area contributed by atoms with Gasteiger partial charge in [-0.1, -0.05) is 12.1 Å². The Morgan fingerprint density at radius 3 is 2.48 bits per heavy atom. The van der Waals surface area contributed by atoms with Crippen LogP contribution in [0, 0.1) is 0 Å². The number of hydrogen-bond acceptors (Lipinski definition) is 8. The number of imide groups is 1. The minimum Gasteiger partial charge on any atom is -0.482 e. The quantitative estimate of drug-likeness (QED) is 0.514. The van der Waals surface area contributed by atoms with Crippen molar-refractivity contribution in [2.75, 3.05) is 20.3 Å². The van der Waals surface area contributed by atoms with Crippen LogP contribution >= 0.6 is 11.8 Å². The van der Waals surface area contributed by atoms with Crippen molar-refractivity contribution in [3.63, 3.8) is 0 Å². The zero-order valence-electron chi connectivity index (χ0n) is 15.1. The SMILES string of the molecule is CCOC(=O)COc1ccc(/C=C2/SC(=O)N(C(C)C(=O)OC)C2=O)cc1. The average molecular weight is 393 g/mol. The van der Waals surface area contributed by atoms with E-state index in [0.717, 1.165) is 16.7 Å². The maximum absolute atomic E-state index is 12.4. The minimum atomic E-state index is -0.993. The van der Waals surface area contributed by atoms with Gasteiger partial charge in [0.15, 0.2) is 6.61 Å². The van der Waals surface area contributed by atoms with Gasteiger partial charge in [-0.05, 0) is 49.4 Å². The third-order valence-corrected chi connectivity index (χ3v) is 4.48. The second-order valence-corrected chi connectivity index (χ2v) is 6.41. The maximum atomic E-state index is 12.4. The van der Waals surface area contributed by atoms with Crippen LogP contribution in [0.4, 0.5) is 4.79 Å². The first kappa shape index (κ1) is 20.5. The summed E-state index contributed by atoms with van der Waals surface area (Å²) in [5, 5.41) is -0.529. The van der Waals surface area contributed by atoms with E-state index in [1.54, 1.807) is 37.3 Å². The largest absolute Gasteiger partial charge is 0.482 e. The highest BCUT2D eigenvalue weighted by Crippen LogP contribution is 2.34. The molecular formula is C18H19NO7S. The number of carbonyl (C=O) groups excluding carboxylic acids is 4. The van der Waals surface area contributed by atoms with E-state index in [4.69, 9.17) is 9.47 Å². The molecule has 1 aromatic rings. The molecule has 0 spiro atoms. The molecule has 0 aliphatic carbocycles. The normalized spacial score (nSPS) is 16.4. The Labute approximate surface area is 160 Å². The van der Waals surface area contributed by atoms with Crippen LogP contribution in [-0.2, 0) is 23.9 Å². The summed E-state index contributed by atoms with van der Waals surface area (Å²) in [7, 11) is 1.19. The lowest BCUT2D eigenvalue weighted by Gasteiger charge is -2.18. The van der Waals surface area contributed by atoms with Crippen LogP contribution in [0.5, 0.6) is 5.75 Å². The zero-order chi connectivity index (χ0) is 20.0. The van der Waals surface area contributed by atoms with Crippen LogP contribution in [0.25, 0.3) is 6.08 Å². The predicted octanol–water partition coefficient (Wildman–Crippen LogP) is 2.23. The fourth-order valence-corrected chi connectivity index (χ4v) is 3.15. The van der Waals surface area contributed by atoms with Crippen molar-refractivity contribution < 1.29 is 33.4 Å². The van der Waals surface area contributed by atoms with Crippen molar-refractivity contribution in [1.29, 1.82) is 0 Å². The molecule has 144 valence electrons. The minimum absolute atomic E-state index is 0.197.